The van der Waals surface area contributed by atoms with E-state index in [1.807, 2.05) is 7.05 Å². The van der Waals surface area contributed by atoms with E-state index in [-0.39, 0.29) is 0 Å². The second-order valence-corrected chi connectivity index (χ2v) is 10.7. The fourth-order valence-corrected chi connectivity index (χ4v) is 6.28. The number of fused-ring (bicyclic) bond motifs is 3. The average molecular weight is 463 g/mol. The first-order valence-electron chi connectivity index (χ1n) is 13.0. The van der Waals surface area contributed by atoms with E-state index < -0.39 is 0 Å². The number of nitrogens with zero attached hydrogens (tertiary/aromatic N) is 2. The van der Waals surface area contributed by atoms with Crippen LogP contribution in [0.25, 0.3) is 33.6 Å². The molecule has 0 unspecified atom stereocenters. The molecular formula is C31H34N4. The lowest BCUT2D eigenvalue weighted by Crippen LogP contribution is -2.35. The number of H-pyrrole nitrogens is 1. The SMILES string of the molecule is CNc1n[nH]c2c1CCc1nc(-c3ccc(C4(CC(C)C)CCC4)cc3)c(-c3ccccc3)cc1-2. The van der Waals surface area contributed by atoms with E-state index in [1.165, 1.54) is 59.1 Å². The molecule has 0 saturated heterocycles. The highest BCUT2D eigenvalue weighted by molar-refractivity contribution is 5.86. The van der Waals surface area contributed by atoms with Crippen LogP contribution >= 0.6 is 0 Å². The number of hydrogen-bond acceptors (Lipinski definition) is 3. The zero-order valence-corrected chi connectivity index (χ0v) is 21.0. The lowest BCUT2D eigenvalue weighted by molar-refractivity contribution is 0.200. The van der Waals surface area contributed by atoms with E-state index in [0.717, 1.165) is 41.7 Å². The van der Waals surface area contributed by atoms with Crippen molar-refractivity contribution >= 4 is 5.82 Å². The summed E-state index contributed by atoms with van der Waals surface area (Å²) in [5.41, 5.74) is 11.2. The minimum absolute atomic E-state index is 0.375. The molecule has 1 fully saturated rings. The zero-order valence-electron chi connectivity index (χ0n) is 21.0. The van der Waals surface area contributed by atoms with E-state index in [0.29, 0.717) is 5.41 Å². The summed E-state index contributed by atoms with van der Waals surface area (Å²) in [6.45, 7) is 4.70. The van der Waals surface area contributed by atoms with Crippen LogP contribution in [-0.2, 0) is 18.3 Å². The van der Waals surface area contributed by atoms with Gasteiger partial charge in [-0.05, 0) is 60.6 Å². The van der Waals surface area contributed by atoms with Crippen LogP contribution in [0.2, 0.25) is 0 Å². The highest BCUT2D eigenvalue weighted by Gasteiger charge is 2.38. The van der Waals surface area contributed by atoms with Gasteiger partial charge in [0, 0.05) is 29.3 Å². The molecule has 4 heteroatoms. The zero-order chi connectivity index (χ0) is 24.0. The fraction of sp³-hybridized carbons (Fsp3) is 0.355. The Morgan fingerprint density at radius 2 is 1.71 bits per heavy atom. The van der Waals surface area contributed by atoms with Gasteiger partial charge < -0.3 is 5.32 Å². The topological polar surface area (TPSA) is 53.6 Å². The predicted octanol–water partition coefficient (Wildman–Crippen LogP) is 7.41. The molecule has 35 heavy (non-hydrogen) atoms. The molecule has 4 aromatic rings. The van der Waals surface area contributed by atoms with Crippen molar-refractivity contribution in [3.63, 3.8) is 0 Å². The van der Waals surface area contributed by atoms with Crippen molar-refractivity contribution in [1.29, 1.82) is 0 Å². The average Bonchev–Trinajstić information content (AvgIpc) is 3.30. The molecule has 2 aliphatic rings. The molecule has 2 aromatic carbocycles. The van der Waals surface area contributed by atoms with Crippen LogP contribution in [-0.4, -0.2) is 22.2 Å². The summed E-state index contributed by atoms with van der Waals surface area (Å²) in [5, 5.41) is 11.0. The first-order chi connectivity index (χ1) is 17.1. The van der Waals surface area contributed by atoms with Crippen molar-refractivity contribution in [1.82, 2.24) is 15.2 Å². The van der Waals surface area contributed by atoms with E-state index in [9.17, 15) is 0 Å². The van der Waals surface area contributed by atoms with E-state index in [1.54, 1.807) is 0 Å². The Morgan fingerprint density at radius 1 is 0.943 bits per heavy atom. The lowest BCUT2D eigenvalue weighted by atomic mass is 9.61. The molecule has 178 valence electrons. The van der Waals surface area contributed by atoms with E-state index >= 15 is 0 Å². The van der Waals surface area contributed by atoms with Crippen molar-refractivity contribution in [3.8, 4) is 33.6 Å². The summed E-state index contributed by atoms with van der Waals surface area (Å²) in [5.74, 6) is 1.66. The Kier molecular flexibility index (Phi) is 5.47. The summed E-state index contributed by atoms with van der Waals surface area (Å²) in [6, 6.07) is 22.3. The Balaban J connectivity index is 1.46. The molecule has 0 aliphatic heterocycles. The van der Waals surface area contributed by atoms with Gasteiger partial charge in [0.05, 0.1) is 17.1 Å². The maximum Gasteiger partial charge on any atom is 0.151 e. The molecule has 2 aromatic heterocycles. The molecule has 6 rings (SSSR count). The summed E-state index contributed by atoms with van der Waals surface area (Å²) in [6.07, 6.45) is 7.14. The molecule has 2 aliphatic carbocycles. The van der Waals surface area contributed by atoms with Gasteiger partial charge in [0.1, 0.15) is 0 Å². The number of rotatable bonds is 6. The molecule has 0 radical (unpaired) electrons. The Hall–Kier alpha value is -3.40. The minimum atomic E-state index is 0.375. The van der Waals surface area contributed by atoms with Gasteiger partial charge in [-0.2, -0.15) is 5.10 Å². The molecule has 2 heterocycles. The highest BCUT2D eigenvalue weighted by Crippen LogP contribution is 2.49. The number of hydrogen-bond donors (Lipinski definition) is 2. The van der Waals surface area contributed by atoms with Crippen molar-refractivity contribution in [2.75, 3.05) is 12.4 Å². The number of benzene rings is 2. The number of nitrogens with one attached hydrogen (secondary N) is 2. The smallest absolute Gasteiger partial charge is 0.151 e. The van der Waals surface area contributed by atoms with Crippen molar-refractivity contribution in [2.24, 2.45) is 5.92 Å². The summed E-state index contributed by atoms with van der Waals surface area (Å²) in [7, 11) is 1.93. The van der Waals surface area contributed by atoms with Gasteiger partial charge in [-0.1, -0.05) is 74.9 Å². The number of aromatic nitrogens is 3. The minimum Gasteiger partial charge on any atom is -0.371 e. The highest BCUT2D eigenvalue weighted by atomic mass is 15.2. The molecule has 0 atom stereocenters. The quantitative estimate of drug-likeness (QED) is 0.314. The van der Waals surface area contributed by atoms with Crippen LogP contribution in [0.4, 0.5) is 5.82 Å². The van der Waals surface area contributed by atoms with E-state index in [4.69, 9.17) is 4.98 Å². The predicted molar refractivity (Wildman–Crippen MR) is 145 cm³/mol. The molecule has 0 spiro atoms. The number of pyridine rings is 1. The standard InChI is InChI=1S/C31H34N4/c1-20(2)19-31(16-7-17-31)23-12-10-22(11-13-23)28-25(21-8-5-4-6-9-21)18-26-27(33-28)15-14-24-29(26)34-35-30(24)32-3/h4-6,8-13,18,20H,7,14-17,19H2,1-3H3,(H2,32,34,35). The van der Waals surface area contributed by atoms with Gasteiger partial charge in [0.25, 0.3) is 0 Å². The van der Waals surface area contributed by atoms with Gasteiger partial charge in [0.15, 0.2) is 5.82 Å². The summed E-state index contributed by atoms with van der Waals surface area (Å²) < 4.78 is 0. The second kappa shape index (κ2) is 8.67. The number of aromatic amines is 1. The molecule has 0 amide bonds. The third kappa shape index (κ3) is 3.76. The van der Waals surface area contributed by atoms with Crippen LogP contribution in [0.1, 0.15) is 56.4 Å². The van der Waals surface area contributed by atoms with Crippen LogP contribution < -0.4 is 5.32 Å². The van der Waals surface area contributed by atoms with Crippen LogP contribution in [0, 0.1) is 5.92 Å². The summed E-state index contributed by atoms with van der Waals surface area (Å²) in [4.78, 5) is 5.30. The van der Waals surface area contributed by atoms with Gasteiger partial charge >= 0.3 is 0 Å². The number of anilines is 1. The van der Waals surface area contributed by atoms with Gasteiger partial charge in [-0.3, -0.25) is 10.1 Å². The van der Waals surface area contributed by atoms with Crippen molar-refractivity contribution in [2.45, 2.75) is 57.8 Å². The molecule has 1 saturated carbocycles. The second-order valence-electron chi connectivity index (χ2n) is 10.7. The third-order valence-electron chi connectivity index (χ3n) is 8.05. The monoisotopic (exact) mass is 462 g/mol. The van der Waals surface area contributed by atoms with Gasteiger partial charge in [0.2, 0.25) is 0 Å². The normalized spacial score (nSPS) is 15.9. The molecule has 2 N–H and O–H groups in total. The van der Waals surface area contributed by atoms with Crippen molar-refractivity contribution < 1.29 is 0 Å². The van der Waals surface area contributed by atoms with Crippen LogP contribution in [0.3, 0.4) is 0 Å². The molecule has 4 nitrogen and oxygen atoms in total. The van der Waals surface area contributed by atoms with Gasteiger partial charge in [-0.15, -0.1) is 0 Å². The fourth-order valence-electron chi connectivity index (χ4n) is 6.28. The first-order valence-corrected chi connectivity index (χ1v) is 13.0. The van der Waals surface area contributed by atoms with Gasteiger partial charge in [-0.25, -0.2) is 0 Å². The van der Waals surface area contributed by atoms with Crippen LogP contribution in [0.15, 0.2) is 60.7 Å². The Bertz CT molecular complexity index is 1350. The molecule has 0 bridgehead atoms. The number of aryl methyl sites for hydroxylation is 1. The molecular weight excluding hydrogens is 428 g/mol. The maximum absolute atomic E-state index is 5.30. The van der Waals surface area contributed by atoms with Crippen molar-refractivity contribution in [3.05, 3.63) is 77.5 Å². The Labute approximate surface area is 208 Å². The lowest BCUT2D eigenvalue weighted by Gasteiger charge is -2.44. The first kappa shape index (κ1) is 22.1. The summed E-state index contributed by atoms with van der Waals surface area (Å²) >= 11 is 0. The third-order valence-corrected chi connectivity index (χ3v) is 8.05. The maximum atomic E-state index is 5.30. The van der Waals surface area contributed by atoms with Crippen LogP contribution in [0.5, 0.6) is 0 Å². The van der Waals surface area contributed by atoms with E-state index in [2.05, 4.69) is 90.0 Å². The Morgan fingerprint density at radius 3 is 2.37 bits per heavy atom. The largest absolute Gasteiger partial charge is 0.371 e.